The van der Waals surface area contributed by atoms with E-state index in [0.29, 0.717) is 0 Å². The molecule has 96 valence electrons. The quantitative estimate of drug-likeness (QED) is 0.725. The zero-order chi connectivity index (χ0) is 12.8. The lowest BCUT2D eigenvalue weighted by molar-refractivity contribution is 0.232. The number of H-pyrrole nitrogens is 1. The Kier molecular flexibility index (Phi) is 4.50. The van der Waals surface area contributed by atoms with Crippen LogP contribution in [-0.4, -0.2) is 28.0 Å². The van der Waals surface area contributed by atoms with Crippen LogP contribution >= 0.6 is 0 Å². The van der Waals surface area contributed by atoms with E-state index in [1.54, 1.807) is 6.20 Å². The molecule has 0 spiro atoms. The van der Waals surface area contributed by atoms with Gasteiger partial charge in [0.2, 0.25) is 0 Å². The lowest BCUT2D eigenvalue weighted by atomic mass is 10.1. The molecule has 0 bridgehead atoms. The second-order valence-corrected chi connectivity index (χ2v) is 4.47. The van der Waals surface area contributed by atoms with Crippen LogP contribution in [0, 0.1) is 0 Å². The van der Waals surface area contributed by atoms with Crippen molar-refractivity contribution in [1.29, 1.82) is 0 Å². The molecule has 1 aromatic carbocycles. The predicted octanol–water partition coefficient (Wildman–Crippen LogP) is 1.66. The fourth-order valence-corrected chi connectivity index (χ4v) is 2.03. The monoisotopic (exact) mass is 245 g/mol. The SMILES string of the molecule is CC(N[C@@H](CO)Cc1ccccc1)c1ccn[nH]1. The van der Waals surface area contributed by atoms with Gasteiger partial charge in [-0.2, -0.15) is 5.10 Å². The summed E-state index contributed by atoms with van der Waals surface area (Å²) in [6.07, 6.45) is 2.55. The van der Waals surface area contributed by atoms with E-state index in [4.69, 9.17) is 0 Å². The van der Waals surface area contributed by atoms with Gasteiger partial charge in [-0.25, -0.2) is 0 Å². The average molecular weight is 245 g/mol. The van der Waals surface area contributed by atoms with Crippen LogP contribution in [0.4, 0.5) is 0 Å². The molecule has 0 aliphatic heterocycles. The Hall–Kier alpha value is -1.65. The Morgan fingerprint density at radius 2 is 2.06 bits per heavy atom. The number of nitrogens with one attached hydrogen (secondary N) is 2. The van der Waals surface area contributed by atoms with Crippen molar-refractivity contribution in [3.8, 4) is 0 Å². The second kappa shape index (κ2) is 6.33. The van der Waals surface area contributed by atoms with Crippen LogP contribution in [0.15, 0.2) is 42.6 Å². The summed E-state index contributed by atoms with van der Waals surface area (Å²) < 4.78 is 0. The summed E-state index contributed by atoms with van der Waals surface area (Å²) in [5.41, 5.74) is 2.25. The van der Waals surface area contributed by atoms with Gasteiger partial charge < -0.3 is 10.4 Å². The third kappa shape index (κ3) is 3.42. The average Bonchev–Trinajstić information content (AvgIpc) is 2.93. The number of nitrogens with zero attached hydrogens (tertiary/aromatic N) is 1. The maximum absolute atomic E-state index is 9.45. The molecule has 0 radical (unpaired) electrons. The number of aliphatic hydroxyl groups is 1. The van der Waals surface area contributed by atoms with E-state index in [-0.39, 0.29) is 18.7 Å². The first kappa shape index (κ1) is 12.8. The van der Waals surface area contributed by atoms with Crippen molar-refractivity contribution in [2.24, 2.45) is 0 Å². The van der Waals surface area contributed by atoms with Gasteiger partial charge in [0.15, 0.2) is 0 Å². The van der Waals surface area contributed by atoms with Crippen LogP contribution < -0.4 is 5.32 Å². The molecular formula is C14H19N3O. The Morgan fingerprint density at radius 3 is 2.67 bits per heavy atom. The number of benzene rings is 1. The van der Waals surface area contributed by atoms with Crippen LogP contribution in [0.1, 0.15) is 24.2 Å². The van der Waals surface area contributed by atoms with Gasteiger partial charge in [0.05, 0.1) is 12.3 Å². The zero-order valence-corrected chi connectivity index (χ0v) is 10.5. The number of hydrogen-bond donors (Lipinski definition) is 3. The molecule has 3 N–H and O–H groups in total. The minimum atomic E-state index is 0.0469. The van der Waals surface area contributed by atoms with Gasteiger partial charge >= 0.3 is 0 Å². The third-order valence-electron chi connectivity index (χ3n) is 3.02. The molecule has 1 aromatic heterocycles. The lowest BCUT2D eigenvalue weighted by Crippen LogP contribution is -2.36. The maximum Gasteiger partial charge on any atom is 0.0588 e. The van der Waals surface area contributed by atoms with E-state index >= 15 is 0 Å². The van der Waals surface area contributed by atoms with Gasteiger partial charge in [0.25, 0.3) is 0 Å². The molecule has 0 aliphatic rings. The highest BCUT2D eigenvalue weighted by molar-refractivity contribution is 5.16. The second-order valence-electron chi connectivity index (χ2n) is 4.47. The number of aromatic amines is 1. The molecule has 0 aliphatic carbocycles. The molecule has 2 atom stereocenters. The first-order valence-corrected chi connectivity index (χ1v) is 6.19. The summed E-state index contributed by atoms with van der Waals surface area (Å²) in [7, 11) is 0. The zero-order valence-electron chi connectivity index (χ0n) is 10.5. The Bertz CT molecular complexity index is 441. The van der Waals surface area contributed by atoms with E-state index in [1.165, 1.54) is 5.56 Å². The summed E-state index contributed by atoms with van der Waals surface area (Å²) in [5, 5.41) is 19.7. The predicted molar refractivity (Wildman–Crippen MR) is 71.2 cm³/mol. The van der Waals surface area contributed by atoms with E-state index in [1.807, 2.05) is 24.3 Å². The van der Waals surface area contributed by atoms with Crippen molar-refractivity contribution in [3.05, 3.63) is 53.9 Å². The standard InChI is InChI=1S/C14H19N3O/c1-11(14-7-8-15-17-14)16-13(10-18)9-12-5-3-2-4-6-12/h2-8,11,13,16,18H,9-10H2,1H3,(H,15,17)/t11?,13-/m1/s1. The summed E-state index contributed by atoms with van der Waals surface area (Å²) in [5.74, 6) is 0. The number of aliphatic hydroxyl groups excluding tert-OH is 1. The molecular weight excluding hydrogens is 226 g/mol. The smallest absolute Gasteiger partial charge is 0.0588 e. The number of aromatic nitrogens is 2. The van der Waals surface area contributed by atoms with Crippen LogP contribution in [-0.2, 0) is 6.42 Å². The summed E-state index contributed by atoms with van der Waals surface area (Å²) in [6.45, 7) is 2.18. The number of hydrogen-bond acceptors (Lipinski definition) is 3. The van der Waals surface area contributed by atoms with Crippen molar-refractivity contribution >= 4 is 0 Å². The highest BCUT2D eigenvalue weighted by atomic mass is 16.3. The molecule has 2 aromatic rings. The molecule has 1 heterocycles. The molecule has 0 saturated heterocycles. The van der Waals surface area contributed by atoms with E-state index in [9.17, 15) is 5.11 Å². The van der Waals surface area contributed by atoms with Crippen molar-refractivity contribution < 1.29 is 5.11 Å². The topological polar surface area (TPSA) is 60.9 Å². The largest absolute Gasteiger partial charge is 0.395 e. The normalized spacial score (nSPS) is 14.3. The van der Waals surface area contributed by atoms with Crippen LogP contribution in [0.5, 0.6) is 0 Å². The molecule has 18 heavy (non-hydrogen) atoms. The highest BCUT2D eigenvalue weighted by Gasteiger charge is 2.13. The van der Waals surface area contributed by atoms with Crippen molar-refractivity contribution in [2.75, 3.05) is 6.61 Å². The van der Waals surface area contributed by atoms with Crippen molar-refractivity contribution in [1.82, 2.24) is 15.5 Å². The van der Waals surface area contributed by atoms with Crippen LogP contribution in [0.25, 0.3) is 0 Å². The fourth-order valence-electron chi connectivity index (χ4n) is 2.03. The Balaban J connectivity index is 1.93. The minimum absolute atomic E-state index is 0.0469. The van der Waals surface area contributed by atoms with Gasteiger partial charge in [-0.05, 0) is 25.0 Å². The molecule has 0 amide bonds. The first-order chi connectivity index (χ1) is 8.79. The molecule has 0 saturated carbocycles. The van der Waals surface area contributed by atoms with Crippen LogP contribution in [0.3, 0.4) is 0 Å². The van der Waals surface area contributed by atoms with E-state index < -0.39 is 0 Å². The number of rotatable bonds is 6. The molecule has 1 unspecified atom stereocenters. The van der Waals surface area contributed by atoms with E-state index in [0.717, 1.165) is 12.1 Å². The molecule has 0 fully saturated rings. The molecule has 2 rings (SSSR count). The first-order valence-electron chi connectivity index (χ1n) is 6.19. The van der Waals surface area contributed by atoms with Gasteiger partial charge in [-0.15, -0.1) is 0 Å². The Morgan fingerprint density at radius 1 is 1.28 bits per heavy atom. The van der Waals surface area contributed by atoms with Gasteiger partial charge in [0, 0.05) is 18.3 Å². The minimum Gasteiger partial charge on any atom is -0.395 e. The van der Waals surface area contributed by atoms with Crippen molar-refractivity contribution in [3.63, 3.8) is 0 Å². The van der Waals surface area contributed by atoms with Crippen LogP contribution in [0.2, 0.25) is 0 Å². The molecule has 4 nitrogen and oxygen atoms in total. The maximum atomic E-state index is 9.45. The van der Waals surface area contributed by atoms with E-state index in [2.05, 4.69) is 34.6 Å². The lowest BCUT2D eigenvalue weighted by Gasteiger charge is -2.21. The highest BCUT2D eigenvalue weighted by Crippen LogP contribution is 2.11. The molecule has 4 heteroatoms. The third-order valence-corrected chi connectivity index (χ3v) is 3.02. The summed E-state index contributed by atoms with van der Waals surface area (Å²) in [6, 6.07) is 12.3. The van der Waals surface area contributed by atoms with Gasteiger partial charge in [-0.1, -0.05) is 30.3 Å². The summed E-state index contributed by atoms with van der Waals surface area (Å²) >= 11 is 0. The van der Waals surface area contributed by atoms with Gasteiger partial charge in [-0.3, -0.25) is 5.10 Å². The fraction of sp³-hybridized carbons (Fsp3) is 0.357. The van der Waals surface area contributed by atoms with Gasteiger partial charge in [0.1, 0.15) is 0 Å². The Labute approximate surface area is 107 Å². The van der Waals surface area contributed by atoms with Crippen molar-refractivity contribution in [2.45, 2.75) is 25.4 Å². The summed E-state index contributed by atoms with van der Waals surface area (Å²) in [4.78, 5) is 0.